The molecule has 2 heterocycles. The van der Waals surface area contributed by atoms with Crippen molar-refractivity contribution < 1.29 is 9.13 Å². The number of allylic oxidation sites excluding steroid dienone is 1. The van der Waals surface area contributed by atoms with E-state index in [-0.39, 0.29) is 12.2 Å². The van der Waals surface area contributed by atoms with Gasteiger partial charge in [0.15, 0.2) is 12.4 Å². The molecule has 15 heavy (non-hydrogen) atoms. The van der Waals surface area contributed by atoms with Crippen LogP contribution in [0.25, 0.3) is 0 Å². The zero-order valence-electron chi connectivity index (χ0n) is 7.77. The van der Waals surface area contributed by atoms with Crippen molar-refractivity contribution in [1.82, 2.24) is 9.55 Å². The topological polar surface area (TPSA) is 64.1 Å². The lowest BCUT2D eigenvalue weighted by atomic mass is 10.3. The largest absolute Gasteiger partial charge is 0.472 e. The first-order valence-corrected chi connectivity index (χ1v) is 4.39. The van der Waals surface area contributed by atoms with Crippen molar-refractivity contribution in [1.29, 1.82) is 0 Å². The molecule has 1 saturated heterocycles. The number of nitrogens with zero attached hydrogens (tertiary/aromatic N) is 1. The van der Waals surface area contributed by atoms with E-state index in [9.17, 15) is 14.0 Å². The monoisotopic (exact) mass is 212 g/mol. The minimum Gasteiger partial charge on any atom is -0.472 e. The van der Waals surface area contributed by atoms with Crippen molar-refractivity contribution in [2.45, 2.75) is 18.8 Å². The number of halogens is 1. The van der Waals surface area contributed by atoms with E-state index in [0.717, 1.165) is 4.57 Å². The van der Waals surface area contributed by atoms with Gasteiger partial charge in [-0.15, -0.1) is 0 Å². The van der Waals surface area contributed by atoms with Crippen LogP contribution in [0.1, 0.15) is 12.6 Å². The summed E-state index contributed by atoms with van der Waals surface area (Å²) in [6.07, 6.45) is -0.687. The van der Waals surface area contributed by atoms with Crippen LogP contribution in [-0.4, -0.2) is 15.7 Å². The number of hydrogen-bond donors (Lipinski definition) is 1. The van der Waals surface area contributed by atoms with Gasteiger partial charge in [-0.1, -0.05) is 6.58 Å². The van der Waals surface area contributed by atoms with Crippen LogP contribution in [0.5, 0.6) is 0 Å². The molecule has 6 heteroatoms. The van der Waals surface area contributed by atoms with Gasteiger partial charge in [-0.3, -0.25) is 14.3 Å². The molecule has 1 aromatic heterocycles. The summed E-state index contributed by atoms with van der Waals surface area (Å²) in [6, 6.07) is 1.18. The van der Waals surface area contributed by atoms with Crippen LogP contribution in [0.3, 0.4) is 0 Å². The Morgan fingerprint density at radius 3 is 2.87 bits per heavy atom. The van der Waals surface area contributed by atoms with Crippen molar-refractivity contribution in [2.75, 3.05) is 0 Å². The van der Waals surface area contributed by atoms with Crippen LogP contribution in [0.15, 0.2) is 34.2 Å². The van der Waals surface area contributed by atoms with Crippen LogP contribution >= 0.6 is 0 Å². The molecular formula is C9H9FN2O3. The molecule has 0 amide bonds. The molecule has 0 radical (unpaired) electrons. The van der Waals surface area contributed by atoms with Gasteiger partial charge < -0.3 is 4.74 Å². The highest BCUT2D eigenvalue weighted by atomic mass is 19.1. The number of hydrogen-bond acceptors (Lipinski definition) is 3. The average Bonchev–Trinajstić information content (AvgIpc) is 2.46. The number of aromatic nitrogens is 2. The zero-order valence-corrected chi connectivity index (χ0v) is 7.77. The Hall–Kier alpha value is -1.85. The molecule has 1 fully saturated rings. The van der Waals surface area contributed by atoms with Crippen molar-refractivity contribution in [2.24, 2.45) is 0 Å². The second kappa shape index (κ2) is 3.38. The van der Waals surface area contributed by atoms with Gasteiger partial charge in [-0.25, -0.2) is 9.18 Å². The van der Waals surface area contributed by atoms with Gasteiger partial charge in [0.25, 0.3) is 5.56 Å². The van der Waals surface area contributed by atoms with Crippen molar-refractivity contribution >= 4 is 0 Å². The lowest BCUT2D eigenvalue weighted by molar-refractivity contribution is 0.0937. The third-order valence-corrected chi connectivity index (χ3v) is 2.21. The summed E-state index contributed by atoms with van der Waals surface area (Å²) >= 11 is 0. The average molecular weight is 212 g/mol. The first-order valence-electron chi connectivity index (χ1n) is 4.39. The number of alkyl halides is 1. The molecule has 80 valence electrons. The van der Waals surface area contributed by atoms with Crippen LogP contribution in [0.4, 0.5) is 4.39 Å². The van der Waals surface area contributed by atoms with Crippen LogP contribution in [0, 0.1) is 0 Å². The maximum Gasteiger partial charge on any atom is 0.331 e. The van der Waals surface area contributed by atoms with E-state index in [4.69, 9.17) is 4.74 Å². The molecule has 0 saturated carbocycles. The van der Waals surface area contributed by atoms with E-state index in [1.165, 1.54) is 12.3 Å². The van der Waals surface area contributed by atoms with E-state index < -0.39 is 23.6 Å². The predicted molar refractivity (Wildman–Crippen MR) is 50.1 cm³/mol. The Bertz CT molecular complexity index is 505. The fraction of sp³-hybridized carbons (Fsp3) is 0.333. The molecule has 0 bridgehead atoms. The molecule has 5 nitrogen and oxygen atoms in total. The van der Waals surface area contributed by atoms with Gasteiger partial charge in [0, 0.05) is 18.7 Å². The summed E-state index contributed by atoms with van der Waals surface area (Å²) < 4.78 is 19.2. The molecule has 0 spiro atoms. The van der Waals surface area contributed by atoms with E-state index in [1.54, 1.807) is 0 Å². The highest BCUT2D eigenvalue weighted by Crippen LogP contribution is 2.30. The minimum atomic E-state index is -1.27. The Balaban J connectivity index is 2.36. The molecule has 2 atom stereocenters. The molecule has 1 aliphatic heterocycles. The summed E-state index contributed by atoms with van der Waals surface area (Å²) in [7, 11) is 0. The van der Waals surface area contributed by atoms with Gasteiger partial charge in [0.05, 0.1) is 0 Å². The highest BCUT2D eigenvalue weighted by molar-refractivity contribution is 5.00. The summed E-state index contributed by atoms with van der Waals surface area (Å²) in [5, 5.41) is 0. The Morgan fingerprint density at radius 2 is 2.33 bits per heavy atom. The van der Waals surface area contributed by atoms with Crippen molar-refractivity contribution in [3.63, 3.8) is 0 Å². The van der Waals surface area contributed by atoms with E-state index in [2.05, 4.69) is 11.6 Å². The van der Waals surface area contributed by atoms with Crippen LogP contribution in [0.2, 0.25) is 0 Å². The van der Waals surface area contributed by atoms with Crippen LogP contribution in [-0.2, 0) is 4.74 Å². The third kappa shape index (κ3) is 1.70. The Labute approximate surface area is 83.8 Å². The number of H-pyrrole nitrogens is 1. The summed E-state index contributed by atoms with van der Waals surface area (Å²) in [5.74, 6) is 0.0121. The van der Waals surface area contributed by atoms with Crippen molar-refractivity contribution in [3.05, 3.63) is 45.4 Å². The Morgan fingerprint density at radius 1 is 1.60 bits per heavy atom. The first kappa shape index (κ1) is 9.70. The predicted octanol–water partition coefficient (Wildman–Crippen LogP) is 0.307. The number of ether oxygens (including phenoxy) is 1. The number of aromatic amines is 1. The molecule has 2 rings (SSSR count). The maximum absolute atomic E-state index is 13.1. The molecule has 0 unspecified atom stereocenters. The summed E-state index contributed by atoms with van der Waals surface area (Å²) in [5.41, 5.74) is -1.11. The second-order valence-electron chi connectivity index (χ2n) is 3.26. The van der Waals surface area contributed by atoms with Crippen LogP contribution < -0.4 is 11.2 Å². The van der Waals surface area contributed by atoms with Gasteiger partial charge >= 0.3 is 5.69 Å². The SMILES string of the molecule is C=C1O[C@@H](n2ccc(=O)[nH]c2=O)C[C@@H]1F. The normalized spacial score (nSPS) is 25.3. The Kier molecular flexibility index (Phi) is 2.18. The molecule has 0 aromatic carbocycles. The lowest BCUT2D eigenvalue weighted by Crippen LogP contribution is -2.31. The van der Waals surface area contributed by atoms with Crippen molar-refractivity contribution in [3.8, 4) is 0 Å². The van der Waals surface area contributed by atoms with E-state index in [1.807, 2.05) is 0 Å². The molecule has 0 aliphatic carbocycles. The second-order valence-corrected chi connectivity index (χ2v) is 3.26. The van der Waals surface area contributed by atoms with Gasteiger partial charge in [0.2, 0.25) is 0 Å². The summed E-state index contributed by atoms with van der Waals surface area (Å²) in [6.45, 7) is 3.37. The molecule has 1 aliphatic rings. The summed E-state index contributed by atoms with van der Waals surface area (Å²) in [4.78, 5) is 24.2. The quantitative estimate of drug-likeness (QED) is 0.728. The van der Waals surface area contributed by atoms with E-state index in [0.29, 0.717) is 0 Å². The first-order chi connectivity index (χ1) is 7.08. The van der Waals surface area contributed by atoms with Gasteiger partial charge in [-0.2, -0.15) is 0 Å². The molecular weight excluding hydrogens is 203 g/mol. The van der Waals surface area contributed by atoms with Gasteiger partial charge in [-0.05, 0) is 0 Å². The fourth-order valence-electron chi connectivity index (χ4n) is 1.43. The third-order valence-electron chi connectivity index (χ3n) is 2.21. The highest BCUT2D eigenvalue weighted by Gasteiger charge is 2.31. The smallest absolute Gasteiger partial charge is 0.331 e. The number of rotatable bonds is 1. The maximum atomic E-state index is 13.1. The molecule has 1 aromatic rings. The van der Waals surface area contributed by atoms with Gasteiger partial charge in [0.1, 0.15) is 5.76 Å². The number of nitrogens with one attached hydrogen (secondary N) is 1. The minimum absolute atomic E-state index is 0.0121. The zero-order chi connectivity index (χ0) is 11.0. The standard InChI is InChI=1S/C9H9FN2O3/c1-5-6(10)4-8(15-5)12-3-2-7(13)11-9(12)14/h2-3,6,8H,1,4H2,(H,11,13,14)/t6-,8+/m0/s1. The molecule has 1 N–H and O–H groups in total. The fourth-order valence-corrected chi connectivity index (χ4v) is 1.43. The van der Waals surface area contributed by atoms with E-state index >= 15 is 0 Å². The lowest BCUT2D eigenvalue weighted by Gasteiger charge is -2.11.